The maximum absolute atomic E-state index is 4.59. The lowest BCUT2D eigenvalue weighted by atomic mass is 9.91. The van der Waals surface area contributed by atoms with E-state index in [9.17, 15) is 0 Å². The van der Waals surface area contributed by atoms with Crippen molar-refractivity contribution in [1.82, 2.24) is 35.5 Å². The molecule has 0 spiro atoms. The van der Waals surface area contributed by atoms with Crippen LogP contribution in [-0.2, 0) is 13.1 Å². The minimum atomic E-state index is 0.291. The van der Waals surface area contributed by atoms with Crippen molar-refractivity contribution in [2.24, 2.45) is 0 Å². The largest absolute Gasteiger partial charge is 0.347 e. The number of benzene rings is 2. The summed E-state index contributed by atoms with van der Waals surface area (Å²) in [5, 5.41) is 14.2. The van der Waals surface area contributed by atoms with Crippen molar-refractivity contribution >= 4 is 0 Å². The molecule has 5 rings (SSSR count). The molecule has 2 aromatic carbocycles. The van der Waals surface area contributed by atoms with Crippen LogP contribution in [0.15, 0.2) is 60.9 Å². The Balaban J connectivity index is 1.37. The van der Waals surface area contributed by atoms with Gasteiger partial charge in [-0.05, 0) is 16.3 Å². The number of H-pyrrole nitrogens is 2. The minimum Gasteiger partial charge on any atom is -0.347 e. The van der Waals surface area contributed by atoms with Crippen molar-refractivity contribution in [3.05, 3.63) is 83.4 Å². The van der Waals surface area contributed by atoms with E-state index in [4.69, 9.17) is 0 Å². The minimum absolute atomic E-state index is 0.291. The van der Waals surface area contributed by atoms with E-state index in [0.29, 0.717) is 11.7 Å². The standard InChI is InChI=1S/C20H19N7/c1-2-4-15(5-3-1)17-11-27(12-18-19(17)22-13-21-18)10-14-6-8-16(9-7-14)20-23-25-26-24-20/h1-9,13,17H,10-12H2,(H,21,22)(H,23,24,25,26). The topological polar surface area (TPSA) is 86.4 Å². The molecule has 134 valence electrons. The average Bonchev–Trinajstić information content (AvgIpc) is 3.41. The predicted octanol–water partition coefficient (Wildman–Crippen LogP) is 2.74. The fourth-order valence-electron chi connectivity index (χ4n) is 3.76. The van der Waals surface area contributed by atoms with Gasteiger partial charge in [-0.25, -0.2) is 4.98 Å². The molecular formula is C20H19N7. The van der Waals surface area contributed by atoms with Crippen LogP contribution in [0.5, 0.6) is 0 Å². The number of hydrogen-bond donors (Lipinski definition) is 2. The molecular weight excluding hydrogens is 338 g/mol. The number of aromatic nitrogens is 6. The zero-order valence-corrected chi connectivity index (χ0v) is 14.7. The third-order valence-electron chi connectivity index (χ3n) is 5.07. The Bertz CT molecular complexity index is 1010. The summed E-state index contributed by atoms with van der Waals surface area (Å²) in [4.78, 5) is 10.4. The molecule has 0 bridgehead atoms. The van der Waals surface area contributed by atoms with Crippen LogP contribution in [0.4, 0.5) is 0 Å². The molecule has 0 saturated carbocycles. The molecule has 7 heteroatoms. The van der Waals surface area contributed by atoms with E-state index < -0.39 is 0 Å². The molecule has 2 aromatic heterocycles. The number of nitrogens with one attached hydrogen (secondary N) is 2. The lowest BCUT2D eigenvalue weighted by Gasteiger charge is -2.32. The third-order valence-corrected chi connectivity index (χ3v) is 5.07. The second-order valence-electron chi connectivity index (χ2n) is 6.83. The van der Waals surface area contributed by atoms with Gasteiger partial charge in [0.25, 0.3) is 0 Å². The van der Waals surface area contributed by atoms with Crippen LogP contribution in [0.1, 0.15) is 28.4 Å². The lowest BCUT2D eigenvalue weighted by molar-refractivity contribution is 0.228. The van der Waals surface area contributed by atoms with E-state index in [-0.39, 0.29) is 0 Å². The zero-order valence-electron chi connectivity index (χ0n) is 14.7. The smallest absolute Gasteiger partial charge is 0.204 e. The molecule has 1 atom stereocenters. The summed E-state index contributed by atoms with van der Waals surface area (Å²) >= 11 is 0. The maximum Gasteiger partial charge on any atom is 0.204 e. The van der Waals surface area contributed by atoms with Gasteiger partial charge in [-0.15, -0.1) is 10.2 Å². The molecule has 7 nitrogen and oxygen atoms in total. The van der Waals surface area contributed by atoms with E-state index in [1.165, 1.54) is 22.5 Å². The van der Waals surface area contributed by atoms with Gasteiger partial charge in [-0.1, -0.05) is 54.6 Å². The molecule has 0 amide bonds. The van der Waals surface area contributed by atoms with E-state index in [1.54, 1.807) is 0 Å². The number of nitrogens with zero attached hydrogens (tertiary/aromatic N) is 5. The number of hydrogen-bond acceptors (Lipinski definition) is 5. The highest BCUT2D eigenvalue weighted by atomic mass is 15.5. The van der Waals surface area contributed by atoms with Gasteiger partial charge in [0, 0.05) is 31.1 Å². The molecule has 2 N–H and O–H groups in total. The normalized spacial score (nSPS) is 17.0. The van der Waals surface area contributed by atoms with Crippen LogP contribution >= 0.6 is 0 Å². The van der Waals surface area contributed by atoms with Gasteiger partial charge < -0.3 is 4.98 Å². The van der Waals surface area contributed by atoms with Gasteiger partial charge in [-0.2, -0.15) is 5.21 Å². The molecule has 0 radical (unpaired) electrons. The van der Waals surface area contributed by atoms with E-state index in [0.717, 1.165) is 25.2 Å². The summed E-state index contributed by atoms with van der Waals surface area (Å²) in [7, 11) is 0. The highest BCUT2D eigenvalue weighted by Crippen LogP contribution is 2.32. The summed E-state index contributed by atoms with van der Waals surface area (Å²) in [6.07, 6.45) is 1.81. The number of imidazole rings is 1. The summed E-state index contributed by atoms with van der Waals surface area (Å²) in [5.41, 5.74) is 5.91. The lowest BCUT2D eigenvalue weighted by Crippen LogP contribution is -2.33. The van der Waals surface area contributed by atoms with Crippen molar-refractivity contribution in [2.75, 3.05) is 6.54 Å². The van der Waals surface area contributed by atoms with Crippen molar-refractivity contribution < 1.29 is 0 Å². The molecule has 1 aliphatic heterocycles. The third kappa shape index (κ3) is 3.13. The molecule has 3 heterocycles. The Morgan fingerprint density at radius 1 is 1.04 bits per heavy atom. The fraction of sp³-hybridized carbons (Fsp3) is 0.200. The number of rotatable bonds is 4. The van der Waals surface area contributed by atoms with Crippen molar-refractivity contribution in [2.45, 2.75) is 19.0 Å². The second-order valence-corrected chi connectivity index (χ2v) is 6.83. The SMILES string of the molecule is c1ccc(C2CN(Cc3ccc(-c4nn[nH]n4)cc3)Cc3[nH]cnc32)cc1. The summed E-state index contributed by atoms with van der Waals surface area (Å²) in [5.74, 6) is 0.908. The maximum atomic E-state index is 4.59. The second kappa shape index (κ2) is 6.77. The van der Waals surface area contributed by atoms with Crippen LogP contribution in [0.3, 0.4) is 0 Å². The molecule has 4 aromatic rings. The molecule has 0 saturated heterocycles. The van der Waals surface area contributed by atoms with Gasteiger partial charge in [-0.3, -0.25) is 4.90 Å². The number of fused-ring (bicyclic) bond motifs is 1. The van der Waals surface area contributed by atoms with Crippen LogP contribution < -0.4 is 0 Å². The molecule has 1 aliphatic rings. The van der Waals surface area contributed by atoms with Crippen LogP contribution in [0.25, 0.3) is 11.4 Å². The summed E-state index contributed by atoms with van der Waals surface area (Å²) in [6, 6.07) is 19.0. The zero-order chi connectivity index (χ0) is 18.1. The Labute approximate surface area is 156 Å². The van der Waals surface area contributed by atoms with E-state index in [2.05, 4.69) is 78.0 Å². The van der Waals surface area contributed by atoms with Gasteiger partial charge >= 0.3 is 0 Å². The number of tetrazole rings is 1. The monoisotopic (exact) mass is 357 g/mol. The highest BCUT2D eigenvalue weighted by molar-refractivity contribution is 5.54. The van der Waals surface area contributed by atoms with Gasteiger partial charge in [0.05, 0.1) is 17.7 Å². The van der Waals surface area contributed by atoms with Crippen LogP contribution in [0, 0.1) is 0 Å². The van der Waals surface area contributed by atoms with Crippen molar-refractivity contribution in [3.8, 4) is 11.4 Å². The predicted molar refractivity (Wildman–Crippen MR) is 101 cm³/mol. The van der Waals surface area contributed by atoms with Crippen molar-refractivity contribution in [3.63, 3.8) is 0 Å². The van der Waals surface area contributed by atoms with E-state index in [1.807, 2.05) is 18.5 Å². The van der Waals surface area contributed by atoms with Gasteiger partial charge in [0.15, 0.2) is 0 Å². The van der Waals surface area contributed by atoms with Gasteiger partial charge in [0.2, 0.25) is 5.82 Å². The van der Waals surface area contributed by atoms with Gasteiger partial charge in [0.1, 0.15) is 0 Å². The first-order valence-electron chi connectivity index (χ1n) is 8.99. The Kier molecular flexibility index (Phi) is 3.99. The van der Waals surface area contributed by atoms with E-state index >= 15 is 0 Å². The molecule has 1 unspecified atom stereocenters. The Morgan fingerprint density at radius 2 is 1.89 bits per heavy atom. The van der Waals surface area contributed by atoms with Crippen LogP contribution in [0.2, 0.25) is 0 Å². The van der Waals surface area contributed by atoms with Crippen molar-refractivity contribution in [1.29, 1.82) is 0 Å². The average molecular weight is 357 g/mol. The molecule has 27 heavy (non-hydrogen) atoms. The van der Waals surface area contributed by atoms with Crippen LogP contribution in [-0.4, -0.2) is 42.0 Å². The number of aromatic amines is 2. The first-order valence-corrected chi connectivity index (χ1v) is 8.99. The highest BCUT2D eigenvalue weighted by Gasteiger charge is 2.28. The molecule has 0 aliphatic carbocycles. The first-order chi connectivity index (χ1) is 13.4. The summed E-state index contributed by atoms with van der Waals surface area (Å²) in [6.45, 7) is 2.72. The Hall–Kier alpha value is -3.32. The molecule has 0 fully saturated rings. The quantitative estimate of drug-likeness (QED) is 0.586. The Morgan fingerprint density at radius 3 is 2.67 bits per heavy atom. The first kappa shape index (κ1) is 15.9. The summed E-state index contributed by atoms with van der Waals surface area (Å²) < 4.78 is 0. The fourth-order valence-corrected chi connectivity index (χ4v) is 3.76.